The lowest BCUT2D eigenvalue weighted by Gasteiger charge is -2.08. The van der Waals surface area contributed by atoms with Crippen LogP contribution < -0.4 is 19.6 Å². The molecule has 0 bridgehead atoms. The van der Waals surface area contributed by atoms with Gasteiger partial charge in [-0.15, -0.1) is 0 Å². The SMILES string of the molecule is CCCCOc1ccc(OCC(=O)NN=Cc2ccc(OC(=O)c3cccc(Cl)c3)cc2)cc1. The van der Waals surface area contributed by atoms with E-state index in [1.54, 1.807) is 66.7 Å². The van der Waals surface area contributed by atoms with E-state index < -0.39 is 11.9 Å². The zero-order chi connectivity index (χ0) is 24.2. The van der Waals surface area contributed by atoms with Crippen molar-refractivity contribution in [2.24, 2.45) is 5.10 Å². The second-order valence-corrected chi connectivity index (χ2v) is 7.66. The van der Waals surface area contributed by atoms with Crippen LogP contribution in [0, 0.1) is 0 Å². The van der Waals surface area contributed by atoms with Gasteiger partial charge in [0, 0.05) is 5.02 Å². The largest absolute Gasteiger partial charge is 0.494 e. The zero-order valence-corrected chi connectivity index (χ0v) is 19.5. The van der Waals surface area contributed by atoms with E-state index in [-0.39, 0.29) is 6.61 Å². The summed E-state index contributed by atoms with van der Waals surface area (Å²) in [5.74, 6) is 0.799. The molecule has 176 valence electrons. The number of halogens is 1. The third-order valence-corrected chi connectivity index (χ3v) is 4.75. The van der Waals surface area contributed by atoms with Crippen LogP contribution in [0.4, 0.5) is 0 Å². The molecule has 0 aliphatic rings. The highest BCUT2D eigenvalue weighted by molar-refractivity contribution is 6.30. The maximum atomic E-state index is 12.2. The number of esters is 1. The van der Waals surface area contributed by atoms with Gasteiger partial charge in [-0.1, -0.05) is 31.0 Å². The lowest BCUT2D eigenvalue weighted by atomic mass is 10.2. The molecule has 3 aromatic rings. The van der Waals surface area contributed by atoms with E-state index in [1.807, 2.05) is 0 Å². The molecule has 0 aliphatic carbocycles. The maximum Gasteiger partial charge on any atom is 0.343 e. The first-order chi connectivity index (χ1) is 16.5. The third-order valence-electron chi connectivity index (χ3n) is 4.51. The van der Waals surface area contributed by atoms with Crippen LogP contribution in [-0.2, 0) is 4.79 Å². The Bertz CT molecular complexity index is 1110. The Labute approximate surface area is 203 Å². The van der Waals surface area contributed by atoms with Gasteiger partial charge in [0.15, 0.2) is 6.61 Å². The van der Waals surface area contributed by atoms with Crippen molar-refractivity contribution in [3.05, 3.63) is 88.9 Å². The van der Waals surface area contributed by atoms with E-state index in [1.165, 1.54) is 12.3 Å². The highest BCUT2D eigenvalue weighted by Gasteiger charge is 2.09. The molecule has 34 heavy (non-hydrogen) atoms. The fraction of sp³-hybridized carbons (Fsp3) is 0.192. The highest BCUT2D eigenvalue weighted by Crippen LogP contribution is 2.18. The topological polar surface area (TPSA) is 86.2 Å². The van der Waals surface area contributed by atoms with E-state index in [4.69, 9.17) is 25.8 Å². The van der Waals surface area contributed by atoms with Crippen LogP contribution in [0.15, 0.2) is 77.9 Å². The van der Waals surface area contributed by atoms with Gasteiger partial charge in [0.1, 0.15) is 17.2 Å². The van der Waals surface area contributed by atoms with Crippen molar-refractivity contribution in [3.8, 4) is 17.2 Å². The van der Waals surface area contributed by atoms with Crippen molar-refractivity contribution in [1.82, 2.24) is 5.43 Å². The Kier molecular flexibility index (Phi) is 9.49. The van der Waals surface area contributed by atoms with Crippen molar-refractivity contribution in [2.45, 2.75) is 19.8 Å². The Morgan fingerprint density at radius 2 is 1.62 bits per heavy atom. The van der Waals surface area contributed by atoms with Gasteiger partial charge in [-0.05, 0) is 78.7 Å². The van der Waals surface area contributed by atoms with Gasteiger partial charge in [-0.3, -0.25) is 4.79 Å². The van der Waals surface area contributed by atoms with Gasteiger partial charge in [0.25, 0.3) is 5.91 Å². The van der Waals surface area contributed by atoms with Gasteiger partial charge in [-0.25, -0.2) is 10.2 Å². The van der Waals surface area contributed by atoms with Crippen molar-refractivity contribution in [3.63, 3.8) is 0 Å². The summed E-state index contributed by atoms with van der Waals surface area (Å²) in [7, 11) is 0. The molecule has 0 saturated heterocycles. The molecule has 7 nitrogen and oxygen atoms in total. The number of hydrogen-bond acceptors (Lipinski definition) is 6. The molecule has 3 rings (SSSR count). The van der Waals surface area contributed by atoms with Gasteiger partial charge >= 0.3 is 5.97 Å². The average Bonchev–Trinajstić information content (AvgIpc) is 2.85. The average molecular weight is 481 g/mol. The molecular formula is C26H25ClN2O5. The van der Waals surface area contributed by atoms with E-state index >= 15 is 0 Å². The molecule has 0 aliphatic heterocycles. The van der Waals surface area contributed by atoms with Gasteiger partial charge < -0.3 is 14.2 Å². The van der Waals surface area contributed by atoms with Gasteiger partial charge in [-0.2, -0.15) is 5.10 Å². The lowest BCUT2D eigenvalue weighted by molar-refractivity contribution is -0.123. The minimum Gasteiger partial charge on any atom is -0.494 e. The molecule has 0 radical (unpaired) electrons. The summed E-state index contributed by atoms with van der Waals surface area (Å²) in [5.41, 5.74) is 3.47. The Hall–Kier alpha value is -3.84. The number of hydrazone groups is 1. The molecule has 1 N–H and O–H groups in total. The van der Waals surface area contributed by atoms with E-state index in [0.717, 1.165) is 18.6 Å². The number of carbonyl (C=O) groups excluding carboxylic acids is 2. The summed E-state index contributed by atoms with van der Waals surface area (Å²) in [6, 6.07) is 20.3. The Morgan fingerprint density at radius 1 is 0.941 bits per heavy atom. The first-order valence-electron chi connectivity index (χ1n) is 10.8. The van der Waals surface area contributed by atoms with E-state index in [0.29, 0.717) is 34.3 Å². The summed E-state index contributed by atoms with van der Waals surface area (Å²) >= 11 is 5.89. The summed E-state index contributed by atoms with van der Waals surface area (Å²) in [5, 5.41) is 4.37. The smallest absolute Gasteiger partial charge is 0.343 e. The molecule has 1 amide bonds. The highest BCUT2D eigenvalue weighted by atomic mass is 35.5. The number of nitrogens with zero attached hydrogens (tertiary/aromatic N) is 1. The fourth-order valence-corrected chi connectivity index (χ4v) is 2.92. The molecule has 3 aromatic carbocycles. The van der Waals surface area contributed by atoms with Crippen molar-refractivity contribution in [2.75, 3.05) is 13.2 Å². The maximum absolute atomic E-state index is 12.2. The molecule has 0 saturated carbocycles. The number of hydrogen-bond donors (Lipinski definition) is 1. The normalized spacial score (nSPS) is 10.6. The first-order valence-corrected chi connectivity index (χ1v) is 11.2. The molecule has 0 fully saturated rings. The minimum atomic E-state index is -0.505. The van der Waals surface area contributed by atoms with Gasteiger partial charge in [0.2, 0.25) is 0 Å². The van der Waals surface area contributed by atoms with Crippen molar-refractivity contribution >= 4 is 29.7 Å². The standard InChI is InChI=1S/C26H25ClN2O5/c1-2-3-15-32-22-11-13-23(14-12-22)33-18-25(30)29-28-17-19-7-9-24(10-8-19)34-26(31)20-5-4-6-21(27)16-20/h4-14,16-17H,2-3,15,18H2,1H3,(H,29,30). The molecule has 8 heteroatoms. The second-order valence-electron chi connectivity index (χ2n) is 7.22. The van der Waals surface area contributed by atoms with Crippen LogP contribution >= 0.6 is 11.6 Å². The molecule has 0 spiro atoms. The quantitative estimate of drug-likeness (QED) is 0.133. The number of carbonyl (C=O) groups is 2. The minimum absolute atomic E-state index is 0.175. The number of benzene rings is 3. The van der Waals surface area contributed by atoms with Crippen LogP contribution in [0.2, 0.25) is 5.02 Å². The molecule has 0 heterocycles. The summed E-state index contributed by atoms with van der Waals surface area (Å²) in [4.78, 5) is 24.1. The van der Waals surface area contributed by atoms with Crippen LogP contribution in [0.1, 0.15) is 35.7 Å². The zero-order valence-electron chi connectivity index (χ0n) is 18.7. The predicted octanol–water partition coefficient (Wildman–Crippen LogP) is 5.27. The van der Waals surface area contributed by atoms with Crippen molar-refractivity contribution < 1.29 is 23.8 Å². The monoisotopic (exact) mass is 480 g/mol. The summed E-state index contributed by atoms with van der Waals surface area (Å²) in [6.07, 6.45) is 3.55. The Balaban J connectivity index is 1.40. The second kappa shape index (κ2) is 13.0. The summed E-state index contributed by atoms with van der Waals surface area (Å²) in [6.45, 7) is 2.61. The fourth-order valence-electron chi connectivity index (χ4n) is 2.73. The summed E-state index contributed by atoms with van der Waals surface area (Å²) < 4.78 is 16.4. The van der Waals surface area contributed by atoms with Crippen LogP contribution in [0.3, 0.4) is 0 Å². The Morgan fingerprint density at radius 3 is 2.29 bits per heavy atom. The first kappa shape index (κ1) is 24.8. The molecule has 0 aromatic heterocycles. The molecular weight excluding hydrogens is 456 g/mol. The van der Waals surface area contributed by atoms with Gasteiger partial charge in [0.05, 0.1) is 18.4 Å². The van der Waals surface area contributed by atoms with Crippen molar-refractivity contribution in [1.29, 1.82) is 0 Å². The lowest BCUT2D eigenvalue weighted by Crippen LogP contribution is -2.24. The van der Waals surface area contributed by atoms with E-state index in [2.05, 4.69) is 17.5 Å². The number of unbranched alkanes of at least 4 members (excludes halogenated alkanes) is 1. The predicted molar refractivity (Wildman–Crippen MR) is 131 cm³/mol. The van der Waals surface area contributed by atoms with Crippen LogP contribution in [0.5, 0.6) is 17.2 Å². The number of amides is 1. The van der Waals surface area contributed by atoms with Crippen LogP contribution in [0.25, 0.3) is 0 Å². The van der Waals surface area contributed by atoms with Crippen LogP contribution in [-0.4, -0.2) is 31.3 Å². The third kappa shape index (κ3) is 8.26. The van der Waals surface area contributed by atoms with E-state index in [9.17, 15) is 9.59 Å². The number of nitrogens with one attached hydrogen (secondary N) is 1. The molecule has 0 atom stereocenters. The number of ether oxygens (including phenoxy) is 3. The number of rotatable bonds is 11. The molecule has 0 unspecified atom stereocenters.